The highest BCUT2D eigenvalue weighted by molar-refractivity contribution is 9.10. The molecule has 1 amide bonds. The summed E-state index contributed by atoms with van der Waals surface area (Å²) in [7, 11) is 0. The van der Waals surface area contributed by atoms with Crippen molar-refractivity contribution < 1.29 is 4.79 Å². The maximum Gasteiger partial charge on any atom is 0.257 e. The van der Waals surface area contributed by atoms with Gasteiger partial charge in [0.05, 0.1) is 11.6 Å². The number of pyridine rings is 1. The van der Waals surface area contributed by atoms with E-state index in [4.69, 9.17) is 0 Å². The lowest BCUT2D eigenvalue weighted by Crippen LogP contribution is -2.31. The van der Waals surface area contributed by atoms with Crippen LogP contribution in [0.3, 0.4) is 0 Å². The van der Waals surface area contributed by atoms with Crippen LogP contribution >= 0.6 is 15.9 Å². The number of amides is 1. The van der Waals surface area contributed by atoms with Crippen LogP contribution in [0.5, 0.6) is 0 Å². The van der Waals surface area contributed by atoms with Gasteiger partial charge in [-0.15, -0.1) is 0 Å². The smallest absolute Gasteiger partial charge is 0.257 e. The summed E-state index contributed by atoms with van der Waals surface area (Å²) in [5, 5.41) is 3.49. The fraction of sp³-hybridized carbons (Fsp3) is 0.200. The molecule has 4 nitrogen and oxygen atoms in total. The van der Waals surface area contributed by atoms with Crippen LogP contribution < -0.4 is 10.7 Å². The third-order valence-electron chi connectivity index (χ3n) is 4.27. The second kappa shape index (κ2) is 7.23. The Morgan fingerprint density at radius 3 is 2.68 bits per heavy atom. The van der Waals surface area contributed by atoms with Crippen molar-refractivity contribution >= 4 is 32.7 Å². The molecule has 0 radical (unpaired) electrons. The number of hydrogen-bond acceptors (Lipinski definition) is 2. The van der Waals surface area contributed by atoms with E-state index in [2.05, 4.69) is 21.2 Å². The van der Waals surface area contributed by atoms with Crippen molar-refractivity contribution in [2.45, 2.75) is 26.4 Å². The summed E-state index contributed by atoms with van der Waals surface area (Å²) in [6.45, 7) is 4.57. The molecule has 0 saturated heterocycles. The number of halogens is 1. The number of rotatable bonds is 4. The second-order valence-electron chi connectivity index (χ2n) is 5.93. The average molecular weight is 399 g/mol. The van der Waals surface area contributed by atoms with Gasteiger partial charge in [0.15, 0.2) is 0 Å². The lowest BCUT2D eigenvalue weighted by molar-refractivity contribution is 0.0938. The van der Waals surface area contributed by atoms with Gasteiger partial charge >= 0.3 is 0 Å². The molecule has 1 heterocycles. The molecule has 1 atom stereocenters. The third-order valence-corrected chi connectivity index (χ3v) is 4.76. The monoisotopic (exact) mass is 398 g/mol. The fourth-order valence-electron chi connectivity index (χ4n) is 2.90. The number of carbonyl (C=O) groups is 1. The summed E-state index contributed by atoms with van der Waals surface area (Å²) in [5.74, 6) is -0.356. The Balaban J connectivity index is 1.97. The zero-order valence-corrected chi connectivity index (χ0v) is 15.7. The maximum atomic E-state index is 12.7. The number of nitrogens with zero attached hydrogens (tertiary/aromatic N) is 1. The molecule has 0 aliphatic rings. The molecule has 1 aromatic heterocycles. The number of para-hydroxylation sites is 1. The Hall–Kier alpha value is -2.40. The molecule has 25 heavy (non-hydrogen) atoms. The first-order chi connectivity index (χ1) is 12.0. The molecule has 3 aromatic rings. The molecule has 2 aromatic carbocycles. The zero-order valence-electron chi connectivity index (χ0n) is 14.1. The van der Waals surface area contributed by atoms with Crippen LogP contribution in [0.15, 0.2) is 64.0 Å². The number of aryl methyl sites for hydroxylation is 1. The van der Waals surface area contributed by atoms with Crippen molar-refractivity contribution in [3.05, 3.63) is 80.6 Å². The molecular formula is C20H19BrN2O2. The molecule has 128 valence electrons. The van der Waals surface area contributed by atoms with Gasteiger partial charge in [-0.05, 0) is 43.7 Å². The first kappa shape index (κ1) is 17.4. The summed E-state index contributed by atoms with van der Waals surface area (Å²) in [6, 6.07) is 14.9. The Kier molecular flexibility index (Phi) is 5.04. The lowest BCUT2D eigenvalue weighted by atomic mass is 10.1. The van der Waals surface area contributed by atoms with Crippen molar-refractivity contribution in [2.24, 2.45) is 0 Å². The van der Waals surface area contributed by atoms with Crippen molar-refractivity contribution in [1.29, 1.82) is 0 Å². The predicted octanol–water partition coefficient (Wildman–Crippen LogP) is 4.27. The summed E-state index contributed by atoms with van der Waals surface area (Å²) >= 11 is 3.43. The Bertz CT molecular complexity index is 994. The Labute approximate surface area is 154 Å². The van der Waals surface area contributed by atoms with Gasteiger partial charge in [0, 0.05) is 22.6 Å². The van der Waals surface area contributed by atoms with Gasteiger partial charge in [-0.3, -0.25) is 9.59 Å². The first-order valence-corrected chi connectivity index (χ1v) is 8.99. The first-order valence-electron chi connectivity index (χ1n) is 8.19. The van der Waals surface area contributed by atoms with E-state index in [0.717, 1.165) is 15.6 Å². The van der Waals surface area contributed by atoms with E-state index in [-0.39, 0.29) is 22.9 Å². The molecule has 0 bridgehead atoms. The number of carbonyl (C=O) groups excluding carboxylic acids is 1. The van der Waals surface area contributed by atoms with Crippen molar-refractivity contribution in [1.82, 2.24) is 9.88 Å². The molecule has 0 fully saturated rings. The topological polar surface area (TPSA) is 51.1 Å². The predicted molar refractivity (Wildman–Crippen MR) is 104 cm³/mol. The number of nitrogens with one attached hydrogen (secondary N) is 1. The minimum atomic E-state index is -0.356. The van der Waals surface area contributed by atoms with Crippen LogP contribution in [0, 0.1) is 0 Å². The minimum Gasteiger partial charge on any atom is -0.347 e. The summed E-state index contributed by atoms with van der Waals surface area (Å²) in [5.41, 5.74) is 1.74. The minimum absolute atomic E-state index is 0.169. The van der Waals surface area contributed by atoms with Gasteiger partial charge in [-0.1, -0.05) is 40.2 Å². The van der Waals surface area contributed by atoms with Crippen LogP contribution in [0.1, 0.15) is 35.8 Å². The SMILES string of the molecule is CCn1cc(C(=O)N[C@H](C)c2cccc(Br)c2)c(=O)c2ccccc21. The molecule has 5 heteroatoms. The van der Waals surface area contributed by atoms with Crippen LogP contribution in [-0.4, -0.2) is 10.5 Å². The molecule has 0 aliphatic heterocycles. The normalized spacial score (nSPS) is 12.1. The van der Waals surface area contributed by atoms with Gasteiger partial charge in [-0.25, -0.2) is 0 Å². The highest BCUT2D eigenvalue weighted by atomic mass is 79.9. The number of hydrogen-bond donors (Lipinski definition) is 1. The van der Waals surface area contributed by atoms with Crippen LogP contribution in [-0.2, 0) is 6.54 Å². The largest absolute Gasteiger partial charge is 0.347 e. The highest BCUT2D eigenvalue weighted by Gasteiger charge is 2.17. The van der Waals surface area contributed by atoms with Gasteiger partial charge in [0.1, 0.15) is 5.56 Å². The molecule has 0 unspecified atom stereocenters. The highest BCUT2D eigenvalue weighted by Crippen LogP contribution is 2.18. The number of fused-ring (bicyclic) bond motifs is 1. The van der Waals surface area contributed by atoms with E-state index in [1.807, 2.05) is 60.9 Å². The van der Waals surface area contributed by atoms with E-state index in [1.54, 1.807) is 12.3 Å². The van der Waals surface area contributed by atoms with Crippen LogP contribution in [0.25, 0.3) is 10.9 Å². The van der Waals surface area contributed by atoms with E-state index < -0.39 is 0 Å². The Morgan fingerprint density at radius 1 is 1.20 bits per heavy atom. The van der Waals surface area contributed by atoms with E-state index in [1.165, 1.54) is 0 Å². The standard InChI is InChI=1S/C20H19BrN2O2/c1-3-23-12-17(19(24)16-9-4-5-10-18(16)23)20(25)22-13(2)14-7-6-8-15(21)11-14/h4-13H,3H2,1-2H3,(H,22,25)/t13-/m1/s1. The summed E-state index contributed by atoms with van der Waals surface area (Å²) in [6.07, 6.45) is 1.65. The number of aromatic nitrogens is 1. The molecule has 1 N–H and O–H groups in total. The summed E-state index contributed by atoms with van der Waals surface area (Å²) < 4.78 is 2.88. The zero-order chi connectivity index (χ0) is 18.0. The molecular weight excluding hydrogens is 380 g/mol. The van der Waals surface area contributed by atoms with Crippen molar-refractivity contribution in [3.8, 4) is 0 Å². The van der Waals surface area contributed by atoms with Crippen LogP contribution in [0.4, 0.5) is 0 Å². The van der Waals surface area contributed by atoms with Crippen LogP contribution in [0.2, 0.25) is 0 Å². The van der Waals surface area contributed by atoms with E-state index in [0.29, 0.717) is 11.9 Å². The quantitative estimate of drug-likeness (QED) is 0.712. The molecule has 0 spiro atoms. The fourth-order valence-corrected chi connectivity index (χ4v) is 3.32. The molecule has 3 rings (SSSR count). The third kappa shape index (κ3) is 3.51. The van der Waals surface area contributed by atoms with E-state index >= 15 is 0 Å². The van der Waals surface area contributed by atoms with Crippen molar-refractivity contribution in [3.63, 3.8) is 0 Å². The average Bonchev–Trinajstić information content (AvgIpc) is 2.62. The lowest BCUT2D eigenvalue weighted by Gasteiger charge is -2.16. The van der Waals surface area contributed by atoms with Crippen molar-refractivity contribution in [2.75, 3.05) is 0 Å². The summed E-state index contributed by atoms with van der Waals surface area (Å²) in [4.78, 5) is 25.4. The van der Waals surface area contributed by atoms with E-state index in [9.17, 15) is 9.59 Å². The van der Waals surface area contributed by atoms with Gasteiger partial charge < -0.3 is 9.88 Å². The Morgan fingerprint density at radius 2 is 1.96 bits per heavy atom. The number of benzene rings is 2. The van der Waals surface area contributed by atoms with Gasteiger partial charge in [-0.2, -0.15) is 0 Å². The van der Waals surface area contributed by atoms with Gasteiger partial charge in [0.25, 0.3) is 5.91 Å². The molecule has 0 saturated carbocycles. The maximum absolute atomic E-state index is 12.7. The van der Waals surface area contributed by atoms with Gasteiger partial charge in [0.2, 0.25) is 5.43 Å². The second-order valence-corrected chi connectivity index (χ2v) is 6.84. The molecule has 0 aliphatic carbocycles.